The second kappa shape index (κ2) is 8.53. The van der Waals surface area contributed by atoms with E-state index in [1.165, 1.54) is 10.6 Å². The molecule has 10 heteroatoms. The minimum Gasteiger partial charge on any atom is -0.347 e. The Morgan fingerprint density at radius 3 is 2.34 bits per heavy atom. The van der Waals surface area contributed by atoms with Crippen LogP contribution in [0.25, 0.3) is 0 Å². The Morgan fingerprint density at radius 2 is 1.83 bits per heavy atom. The van der Waals surface area contributed by atoms with E-state index in [1.54, 1.807) is 11.1 Å². The summed E-state index contributed by atoms with van der Waals surface area (Å²) in [5.41, 5.74) is 1.15. The number of nitrogens with zero attached hydrogens (tertiary/aromatic N) is 6. The molecule has 1 aromatic heterocycles. The van der Waals surface area contributed by atoms with Crippen LogP contribution in [0.3, 0.4) is 0 Å². The molecule has 2 fully saturated rings. The molecule has 0 aromatic carbocycles. The van der Waals surface area contributed by atoms with E-state index in [0.29, 0.717) is 55.8 Å². The summed E-state index contributed by atoms with van der Waals surface area (Å²) >= 11 is 0. The van der Waals surface area contributed by atoms with Gasteiger partial charge in [-0.3, -0.25) is 9.69 Å². The molecular formula is C19H32N6O3S. The van der Waals surface area contributed by atoms with Crippen molar-refractivity contribution in [1.29, 1.82) is 0 Å². The van der Waals surface area contributed by atoms with Gasteiger partial charge in [-0.25, -0.2) is 22.7 Å². The molecular weight excluding hydrogens is 392 g/mol. The first-order valence-corrected chi connectivity index (χ1v) is 12.0. The molecule has 1 unspecified atom stereocenters. The van der Waals surface area contributed by atoms with Crippen molar-refractivity contribution in [3.63, 3.8) is 0 Å². The van der Waals surface area contributed by atoms with Gasteiger partial charge < -0.3 is 9.80 Å². The number of sulfonamides is 1. The molecule has 9 nitrogen and oxygen atoms in total. The van der Waals surface area contributed by atoms with Crippen LogP contribution in [-0.2, 0) is 10.0 Å². The summed E-state index contributed by atoms with van der Waals surface area (Å²) < 4.78 is 25.3. The summed E-state index contributed by atoms with van der Waals surface area (Å²) in [5, 5.41) is 0. The van der Waals surface area contributed by atoms with E-state index in [4.69, 9.17) is 0 Å². The van der Waals surface area contributed by atoms with E-state index in [9.17, 15) is 13.2 Å². The predicted octanol–water partition coefficient (Wildman–Crippen LogP) is 0.458. The molecule has 29 heavy (non-hydrogen) atoms. The predicted molar refractivity (Wildman–Crippen MR) is 113 cm³/mol. The fraction of sp³-hybridized carbons (Fsp3) is 0.737. The normalized spacial score (nSPS) is 21.7. The van der Waals surface area contributed by atoms with Crippen molar-refractivity contribution in [3.05, 3.63) is 17.5 Å². The molecule has 2 saturated heterocycles. The average Bonchev–Trinajstić information content (AvgIpc) is 3.17. The van der Waals surface area contributed by atoms with E-state index in [1.807, 2.05) is 19.0 Å². The van der Waals surface area contributed by atoms with Gasteiger partial charge in [0.1, 0.15) is 0 Å². The number of anilines is 1. The van der Waals surface area contributed by atoms with E-state index in [2.05, 4.69) is 28.7 Å². The maximum absolute atomic E-state index is 13.3. The zero-order valence-corrected chi connectivity index (χ0v) is 18.8. The Morgan fingerprint density at radius 1 is 1.17 bits per heavy atom. The highest BCUT2D eigenvalue weighted by atomic mass is 32.2. The summed E-state index contributed by atoms with van der Waals surface area (Å²) in [6.07, 6.45) is 3.48. The zero-order valence-electron chi connectivity index (χ0n) is 18.0. The molecule has 0 bridgehead atoms. The molecule has 0 saturated carbocycles. The second-order valence-corrected chi connectivity index (χ2v) is 10.4. The average molecular weight is 425 g/mol. The molecule has 3 heterocycles. The Hall–Kier alpha value is -1.78. The smallest absolute Gasteiger partial charge is 0.257 e. The van der Waals surface area contributed by atoms with Crippen LogP contribution in [0.1, 0.15) is 42.2 Å². The highest BCUT2D eigenvalue weighted by molar-refractivity contribution is 7.88. The lowest BCUT2D eigenvalue weighted by molar-refractivity contribution is 0.0593. The zero-order chi connectivity index (χ0) is 21.3. The highest BCUT2D eigenvalue weighted by Crippen LogP contribution is 2.31. The third kappa shape index (κ3) is 4.87. The van der Waals surface area contributed by atoms with Crippen LogP contribution in [0.2, 0.25) is 0 Å². The molecule has 0 aliphatic carbocycles. The van der Waals surface area contributed by atoms with Crippen LogP contribution in [-0.4, -0.2) is 104 Å². The van der Waals surface area contributed by atoms with Crippen molar-refractivity contribution in [2.45, 2.75) is 32.2 Å². The van der Waals surface area contributed by atoms with Gasteiger partial charge in [-0.2, -0.15) is 0 Å². The van der Waals surface area contributed by atoms with Crippen molar-refractivity contribution in [3.8, 4) is 0 Å². The number of hydrogen-bond acceptors (Lipinski definition) is 7. The number of carbonyl (C=O) groups excluding carboxylic acids is 1. The van der Waals surface area contributed by atoms with Gasteiger partial charge in [-0.15, -0.1) is 0 Å². The molecule has 162 valence electrons. The van der Waals surface area contributed by atoms with Gasteiger partial charge in [-0.05, 0) is 20.3 Å². The second-order valence-electron chi connectivity index (χ2n) is 8.39. The van der Waals surface area contributed by atoms with E-state index in [0.717, 1.165) is 13.1 Å². The van der Waals surface area contributed by atoms with Gasteiger partial charge in [0, 0.05) is 71.5 Å². The van der Waals surface area contributed by atoms with Gasteiger partial charge in [0.25, 0.3) is 5.91 Å². The minimum atomic E-state index is -3.26. The van der Waals surface area contributed by atoms with E-state index in [-0.39, 0.29) is 11.8 Å². The monoisotopic (exact) mass is 424 g/mol. The van der Waals surface area contributed by atoms with Crippen LogP contribution in [0.4, 0.5) is 5.95 Å². The largest absolute Gasteiger partial charge is 0.347 e. The number of piperazine rings is 1. The summed E-state index contributed by atoms with van der Waals surface area (Å²) in [6.45, 7) is 8.17. The molecule has 1 atom stereocenters. The number of hydrogen-bond donors (Lipinski definition) is 0. The van der Waals surface area contributed by atoms with Crippen molar-refractivity contribution < 1.29 is 13.2 Å². The fourth-order valence-corrected chi connectivity index (χ4v) is 4.83. The molecule has 1 amide bonds. The molecule has 3 rings (SSSR count). The minimum absolute atomic E-state index is 0.0634. The van der Waals surface area contributed by atoms with Gasteiger partial charge >= 0.3 is 0 Å². The van der Waals surface area contributed by atoms with Gasteiger partial charge in [-0.1, -0.05) is 0 Å². The van der Waals surface area contributed by atoms with Crippen LogP contribution < -0.4 is 4.90 Å². The number of amides is 1. The lowest BCUT2D eigenvalue weighted by Gasteiger charge is -2.37. The standard InChI is InChI=1S/C19H32N6O3S/c1-14(2)23-8-10-24(11-9-23)18(26)16-12-20-19(22(3)4)21-17(16)15-6-7-25(13-15)29(5,27)28/h12,14-15H,6-11,13H2,1-5H3. The van der Waals surface area contributed by atoms with Crippen molar-refractivity contribution in [2.75, 3.05) is 64.5 Å². The third-order valence-corrected chi connectivity index (χ3v) is 7.04. The topological polar surface area (TPSA) is 89.9 Å². The van der Waals surface area contributed by atoms with Crippen molar-refractivity contribution in [2.24, 2.45) is 0 Å². The Labute approximate surface area is 173 Å². The summed E-state index contributed by atoms with van der Waals surface area (Å²) in [5.74, 6) is 0.354. The lowest BCUT2D eigenvalue weighted by Crippen LogP contribution is -2.51. The molecule has 0 spiro atoms. The van der Waals surface area contributed by atoms with Crippen LogP contribution in [0.15, 0.2) is 6.20 Å². The van der Waals surface area contributed by atoms with Crippen LogP contribution in [0, 0.1) is 0 Å². The van der Waals surface area contributed by atoms with Crippen molar-refractivity contribution >= 4 is 21.9 Å². The Balaban J connectivity index is 1.86. The third-order valence-electron chi connectivity index (χ3n) is 5.77. The SMILES string of the molecule is CC(C)N1CCN(C(=O)c2cnc(N(C)C)nc2C2CCN(S(C)(=O)=O)C2)CC1. The summed E-state index contributed by atoms with van der Waals surface area (Å²) in [6, 6.07) is 0.464. The van der Waals surface area contributed by atoms with E-state index < -0.39 is 10.0 Å². The van der Waals surface area contributed by atoms with Gasteiger partial charge in [0.2, 0.25) is 16.0 Å². The Kier molecular flexibility index (Phi) is 6.45. The van der Waals surface area contributed by atoms with Crippen molar-refractivity contribution in [1.82, 2.24) is 24.1 Å². The first-order valence-electron chi connectivity index (χ1n) is 10.1. The highest BCUT2D eigenvalue weighted by Gasteiger charge is 2.34. The van der Waals surface area contributed by atoms with Crippen LogP contribution in [0.5, 0.6) is 0 Å². The number of rotatable bonds is 5. The molecule has 1 aromatic rings. The Bertz CT molecular complexity index is 850. The summed E-state index contributed by atoms with van der Waals surface area (Å²) in [4.78, 5) is 28.3. The molecule has 2 aliphatic rings. The maximum Gasteiger partial charge on any atom is 0.257 e. The first kappa shape index (κ1) is 21.9. The molecule has 0 N–H and O–H groups in total. The molecule has 0 radical (unpaired) electrons. The molecule has 2 aliphatic heterocycles. The van der Waals surface area contributed by atoms with Gasteiger partial charge in [0.05, 0.1) is 17.5 Å². The lowest BCUT2D eigenvalue weighted by atomic mass is 9.99. The quantitative estimate of drug-likeness (QED) is 0.678. The van der Waals surface area contributed by atoms with E-state index >= 15 is 0 Å². The first-order chi connectivity index (χ1) is 13.6. The number of carbonyl (C=O) groups is 1. The number of aromatic nitrogens is 2. The van der Waals surface area contributed by atoms with Gasteiger partial charge in [0.15, 0.2) is 0 Å². The van der Waals surface area contributed by atoms with Crippen LogP contribution >= 0.6 is 0 Å². The summed E-state index contributed by atoms with van der Waals surface area (Å²) in [7, 11) is 0.442. The maximum atomic E-state index is 13.3. The fourth-order valence-electron chi connectivity index (χ4n) is 3.94.